The second-order valence-electron chi connectivity index (χ2n) is 9.00. The Morgan fingerprint density at radius 1 is 1.00 bits per heavy atom. The lowest BCUT2D eigenvalue weighted by atomic mass is 9.80. The SMILES string of the molecule is C[C@@H]1CCCN1CCc1nc2ccc(-c3cccc(C#N)c3)cc2[nH]1.N#Cc1cccc(B(O)O)c1. The first-order valence-corrected chi connectivity index (χ1v) is 12.1. The number of benzene rings is 3. The zero-order valence-electron chi connectivity index (χ0n) is 20.2. The fourth-order valence-corrected chi connectivity index (χ4v) is 4.47. The van der Waals surface area contributed by atoms with Gasteiger partial charge in [-0.1, -0.05) is 30.3 Å². The molecule has 0 saturated carbocycles. The number of aromatic nitrogens is 2. The average Bonchev–Trinajstić information content (AvgIpc) is 3.52. The molecule has 2 heterocycles. The standard InChI is InChI=1S/C21H22N4.C7H6BNO2/c1-15-4-3-10-25(15)11-9-21-23-19-8-7-18(13-20(19)24-21)17-6-2-5-16(12-17)14-22;9-5-6-2-1-3-7(4-6)8(10)11/h2,5-8,12-13,15H,3-4,9-11H2,1H3,(H,23,24);1-4,10-11H/t15-;/m1./s1. The second-order valence-corrected chi connectivity index (χ2v) is 9.00. The third-order valence-corrected chi connectivity index (χ3v) is 6.50. The van der Waals surface area contributed by atoms with E-state index in [-0.39, 0.29) is 0 Å². The molecular formula is C28H28BN5O2. The summed E-state index contributed by atoms with van der Waals surface area (Å²) in [6.07, 6.45) is 3.58. The van der Waals surface area contributed by atoms with Gasteiger partial charge in [-0.15, -0.1) is 0 Å². The Hall–Kier alpha value is -3.95. The predicted octanol–water partition coefficient (Wildman–Crippen LogP) is 3.37. The van der Waals surface area contributed by atoms with Crippen molar-refractivity contribution >= 4 is 23.6 Å². The molecule has 3 N–H and O–H groups in total. The van der Waals surface area contributed by atoms with E-state index in [1.54, 1.807) is 18.2 Å². The Bertz CT molecular complexity index is 1420. The second kappa shape index (κ2) is 11.7. The van der Waals surface area contributed by atoms with Crippen LogP contribution in [0.5, 0.6) is 0 Å². The van der Waals surface area contributed by atoms with Crippen molar-refractivity contribution in [2.75, 3.05) is 13.1 Å². The molecular weight excluding hydrogens is 449 g/mol. The van der Waals surface area contributed by atoms with E-state index in [1.165, 1.54) is 25.5 Å². The summed E-state index contributed by atoms with van der Waals surface area (Å²) in [7, 11) is -1.50. The van der Waals surface area contributed by atoms with Crippen molar-refractivity contribution in [3.05, 3.63) is 83.7 Å². The van der Waals surface area contributed by atoms with Crippen molar-refractivity contribution in [1.82, 2.24) is 14.9 Å². The number of hydrogen-bond acceptors (Lipinski definition) is 6. The minimum Gasteiger partial charge on any atom is -0.423 e. The fourth-order valence-electron chi connectivity index (χ4n) is 4.47. The van der Waals surface area contributed by atoms with Gasteiger partial charge in [0.2, 0.25) is 0 Å². The zero-order chi connectivity index (χ0) is 25.5. The summed E-state index contributed by atoms with van der Waals surface area (Å²) in [4.78, 5) is 10.8. The maximum absolute atomic E-state index is 9.08. The lowest BCUT2D eigenvalue weighted by molar-refractivity contribution is 0.271. The molecule has 1 aromatic heterocycles. The molecule has 0 bridgehead atoms. The Labute approximate surface area is 211 Å². The largest absolute Gasteiger partial charge is 0.488 e. The summed E-state index contributed by atoms with van der Waals surface area (Å²) in [5.74, 6) is 1.05. The van der Waals surface area contributed by atoms with Crippen molar-refractivity contribution in [3.63, 3.8) is 0 Å². The molecule has 0 amide bonds. The summed E-state index contributed by atoms with van der Waals surface area (Å²) < 4.78 is 0. The summed E-state index contributed by atoms with van der Waals surface area (Å²) in [5, 5.41) is 34.9. The first-order valence-electron chi connectivity index (χ1n) is 12.1. The number of hydrogen-bond donors (Lipinski definition) is 3. The molecule has 1 fully saturated rings. The van der Waals surface area contributed by atoms with Gasteiger partial charge < -0.3 is 19.9 Å². The van der Waals surface area contributed by atoms with Gasteiger partial charge in [0, 0.05) is 19.0 Å². The molecule has 0 aliphatic carbocycles. The van der Waals surface area contributed by atoms with Gasteiger partial charge in [0.05, 0.1) is 34.3 Å². The van der Waals surface area contributed by atoms with Crippen LogP contribution < -0.4 is 5.46 Å². The molecule has 3 aromatic carbocycles. The van der Waals surface area contributed by atoms with Gasteiger partial charge in [0.1, 0.15) is 5.82 Å². The van der Waals surface area contributed by atoms with Crippen LogP contribution in [0.25, 0.3) is 22.2 Å². The Morgan fingerprint density at radius 2 is 1.72 bits per heavy atom. The lowest BCUT2D eigenvalue weighted by Crippen LogP contribution is -2.29. The van der Waals surface area contributed by atoms with Gasteiger partial charge in [-0.25, -0.2) is 4.98 Å². The summed E-state index contributed by atoms with van der Waals surface area (Å²) >= 11 is 0. The molecule has 0 unspecified atom stereocenters. The van der Waals surface area contributed by atoms with Gasteiger partial charge in [0.25, 0.3) is 0 Å². The number of aromatic amines is 1. The summed E-state index contributed by atoms with van der Waals surface area (Å²) in [6, 6.07) is 25.0. The smallest absolute Gasteiger partial charge is 0.423 e. The first kappa shape index (κ1) is 25.2. The molecule has 8 heteroatoms. The van der Waals surface area contributed by atoms with Crippen LogP contribution in [-0.2, 0) is 6.42 Å². The molecule has 36 heavy (non-hydrogen) atoms. The highest BCUT2D eigenvalue weighted by molar-refractivity contribution is 6.58. The van der Waals surface area contributed by atoms with E-state index < -0.39 is 7.12 Å². The van der Waals surface area contributed by atoms with E-state index in [2.05, 4.69) is 41.1 Å². The van der Waals surface area contributed by atoms with Crippen LogP contribution >= 0.6 is 0 Å². The number of likely N-dealkylation sites (tertiary alicyclic amines) is 1. The number of nitrogens with one attached hydrogen (secondary N) is 1. The van der Waals surface area contributed by atoms with Gasteiger partial charge in [-0.3, -0.25) is 0 Å². The van der Waals surface area contributed by atoms with Crippen molar-refractivity contribution in [1.29, 1.82) is 10.5 Å². The van der Waals surface area contributed by atoms with E-state index in [4.69, 9.17) is 25.6 Å². The maximum Gasteiger partial charge on any atom is 0.488 e. The Kier molecular flexibility index (Phi) is 8.15. The monoisotopic (exact) mass is 477 g/mol. The topological polar surface area (TPSA) is 120 Å². The van der Waals surface area contributed by atoms with Crippen LogP contribution in [-0.4, -0.2) is 51.2 Å². The summed E-state index contributed by atoms with van der Waals surface area (Å²) in [5.41, 5.74) is 5.67. The minimum atomic E-state index is -1.50. The minimum absolute atomic E-state index is 0.337. The molecule has 0 radical (unpaired) electrons. The van der Waals surface area contributed by atoms with Crippen LogP contribution in [0.1, 0.15) is 36.7 Å². The number of imidazole rings is 1. The molecule has 4 aromatic rings. The molecule has 1 atom stereocenters. The molecule has 1 aliphatic heterocycles. The van der Waals surface area contributed by atoms with Gasteiger partial charge >= 0.3 is 7.12 Å². The number of nitrogens with zero attached hydrogens (tertiary/aromatic N) is 4. The highest BCUT2D eigenvalue weighted by Crippen LogP contribution is 2.24. The highest BCUT2D eigenvalue weighted by Gasteiger charge is 2.20. The third kappa shape index (κ3) is 6.18. The van der Waals surface area contributed by atoms with Crippen LogP contribution in [0.3, 0.4) is 0 Å². The van der Waals surface area contributed by atoms with E-state index in [1.807, 2.05) is 30.3 Å². The normalized spacial score (nSPS) is 15.1. The van der Waals surface area contributed by atoms with E-state index in [0.717, 1.165) is 41.0 Å². The van der Waals surface area contributed by atoms with Crippen LogP contribution in [0.4, 0.5) is 0 Å². The number of rotatable bonds is 5. The van der Waals surface area contributed by atoms with E-state index >= 15 is 0 Å². The Balaban J connectivity index is 0.000000233. The molecule has 7 nitrogen and oxygen atoms in total. The quantitative estimate of drug-likeness (QED) is 0.379. The van der Waals surface area contributed by atoms with Crippen LogP contribution in [0, 0.1) is 22.7 Å². The van der Waals surface area contributed by atoms with Crippen molar-refractivity contribution in [2.24, 2.45) is 0 Å². The van der Waals surface area contributed by atoms with Gasteiger partial charge in [0.15, 0.2) is 0 Å². The average molecular weight is 477 g/mol. The highest BCUT2D eigenvalue weighted by atomic mass is 16.4. The zero-order valence-corrected chi connectivity index (χ0v) is 20.2. The van der Waals surface area contributed by atoms with Gasteiger partial charge in [-0.05, 0) is 79.3 Å². The molecule has 1 aliphatic rings. The van der Waals surface area contributed by atoms with Crippen molar-refractivity contribution < 1.29 is 10.0 Å². The summed E-state index contributed by atoms with van der Waals surface area (Å²) in [6.45, 7) is 4.59. The fraction of sp³-hybridized carbons (Fsp3) is 0.250. The third-order valence-electron chi connectivity index (χ3n) is 6.50. The molecule has 0 spiro atoms. The van der Waals surface area contributed by atoms with Crippen molar-refractivity contribution in [3.8, 4) is 23.3 Å². The number of H-pyrrole nitrogens is 1. The van der Waals surface area contributed by atoms with Crippen LogP contribution in [0.2, 0.25) is 0 Å². The van der Waals surface area contributed by atoms with Crippen molar-refractivity contribution in [2.45, 2.75) is 32.2 Å². The molecule has 1 saturated heterocycles. The number of fused-ring (bicyclic) bond motifs is 1. The predicted molar refractivity (Wildman–Crippen MR) is 141 cm³/mol. The first-order chi connectivity index (χ1) is 17.5. The number of nitriles is 2. The van der Waals surface area contributed by atoms with E-state index in [9.17, 15) is 0 Å². The van der Waals surface area contributed by atoms with Crippen LogP contribution in [0.15, 0.2) is 66.7 Å². The van der Waals surface area contributed by atoms with E-state index in [0.29, 0.717) is 22.6 Å². The lowest BCUT2D eigenvalue weighted by Gasteiger charge is -2.19. The molecule has 5 rings (SSSR count). The Morgan fingerprint density at radius 3 is 2.42 bits per heavy atom. The van der Waals surface area contributed by atoms with Gasteiger partial charge in [-0.2, -0.15) is 10.5 Å². The molecule has 180 valence electrons. The maximum atomic E-state index is 9.08.